The molecule has 2 aromatic rings. The van der Waals surface area contributed by atoms with Crippen molar-refractivity contribution in [2.45, 2.75) is 50.7 Å². The molecular weight excluding hydrogens is 407 g/mol. The number of halogens is 1. The van der Waals surface area contributed by atoms with Gasteiger partial charge in [-0.25, -0.2) is 4.39 Å². The van der Waals surface area contributed by atoms with E-state index in [2.05, 4.69) is 22.0 Å². The predicted molar refractivity (Wildman–Crippen MR) is 119 cm³/mol. The highest BCUT2D eigenvalue weighted by atomic mass is 19.1. The summed E-state index contributed by atoms with van der Waals surface area (Å²) >= 11 is 0. The summed E-state index contributed by atoms with van der Waals surface area (Å²) in [5.74, 6) is -0.420. The van der Waals surface area contributed by atoms with E-state index in [1.54, 1.807) is 36.4 Å². The lowest BCUT2D eigenvalue weighted by atomic mass is 9.97. The number of piperidine rings is 1. The van der Waals surface area contributed by atoms with E-state index in [-0.39, 0.29) is 24.3 Å². The second kappa shape index (κ2) is 9.49. The zero-order valence-electron chi connectivity index (χ0n) is 18.0. The molecular formula is C25H27FN4O2. The average molecular weight is 435 g/mol. The minimum Gasteiger partial charge on any atom is -0.352 e. The molecule has 2 bridgehead atoms. The number of hydrogen-bond donors (Lipinski definition) is 3. The molecule has 7 heteroatoms. The summed E-state index contributed by atoms with van der Waals surface area (Å²) in [5, 5.41) is 18.3. The summed E-state index contributed by atoms with van der Waals surface area (Å²) in [5.41, 5.74) is 2.39. The van der Waals surface area contributed by atoms with Gasteiger partial charge in [-0.15, -0.1) is 0 Å². The van der Waals surface area contributed by atoms with Crippen LogP contribution in [0.2, 0.25) is 0 Å². The van der Waals surface area contributed by atoms with Crippen molar-refractivity contribution in [2.75, 3.05) is 6.54 Å². The lowest BCUT2D eigenvalue weighted by Gasteiger charge is -2.23. The first-order valence-corrected chi connectivity index (χ1v) is 11.1. The lowest BCUT2D eigenvalue weighted by molar-refractivity contribution is -0.124. The Labute approximate surface area is 187 Å². The van der Waals surface area contributed by atoms with E-state index in [0.29, 0.717) is 35.2 Å². The van der Waals surface area contributed by atoms with Crippen LogP contribution in [-0.4, -0.2) is 36.5 Å². The molecule has 4 atom stereocenters. The number of nitrogens with one attached hydrogen (secondary N) is 3. The van der Waals surface area contributed by atoms with Crippen molar-refractivity contribution in [1.82, 2.24) is 16.0 Å². The van der Waals surface area contributed by atoms with E-state index in [1.165, 1.54) is 6.07 Å². The maximum absolute atomic E-state index is 14.8. The topological polar surface area (TPSA) is 94.0 Å². The Morgan fingerprint density at radius 2 is 1.94 bits per heavy atom. The largest absolute Gasteiger partial charge is 0.352 e. The van der Waals surface area contributed by atoms with Gasteiger partial charge in [0.1, 0.15) is 11.9 Å². The molecule has 1 saturated heterocycles. The fourth-order valence-corrected chi connectivity index (χ4v) is 4.73. The number of amides is 2. The number of hydrogen-bond acceptors (Lipinski definition) is 4. The Morgan fingerprint density at radius 1 is 1.19 bits per heavy atom. The van der Waals surface area contributed by atoms with Crippen molar-refractivity contribution >= 4 is 11.8 Å². The summed E-state index contributed by atoms with van der Waals surface area (Å²) in [4.78, 5) is 24.5. The van der Waals surface area contributed by atoms with Crippen molar-refractivity contribution in [3.8, 4) is 17.2 Å². The first-order valence-electron chi connectivity index (χ1n) is 11.1. The smallest absolute Gasteiger partial charge is 0.251 e. The monoisotopic (exact) mass is 434 g/mol. The summed E-state index contributed by atoms with van der Waals surface area (Å²) in [6, 6.07) is 13.3. The minimum atomic E-state index is -0.792. The molecule has 2 aliphatic rings. The molecule has 1 aliphatic carbocycles. The summed E-state index contributed by atoms with van der Waals surface area (Å²) in [6.07, 6.45) is 3.25. The Bertz CT molecular complexity index is 1050. The molecule has 4 rings (SSSR count). The van der Waals surface area contributed by atoms with E-state index in [0.717, 1.165) is 24.8 Å². The van der Waals surface area contributed by atoms with Crippen LogP contribution in [0.15, 0.2) is 42.5 Å². The second-order valence-electron chi connectivity index (χ2n) is 8.55. The number of nitrogens with zero attached hydrogens (tertiary/aromatic N) is 1. The highest BCUT2D eigenvalue weighted by molar-refractivity contribution is 5.94. The molecule has 0 radical (unpaired) electrons. The van der Waals surface area contributed by atoms with Gasteiger partial charge in [0.05, 0.1) is 12.1 Å². The van der Waals surface area contributed by atoms with Crippen LogP contribution in [0.1, 0.15) is 42.1 Å². The standard InChI is InChI=1S/C25H27FN4O2/c1-2-28-24(31)16-5-3-15(4-6-16)17-7-8-18(22(26)13-17)11-21(14-27)30-25(32)23-19-9-10-20(12-19)29-23/h3-8,13,19-21,23,29H,2,9-12H2,1H3,(H,28,31)(H,30,32)/t19?,20?,21-,23?/m0/s1. The molecule has 2 fully saturated rings. The molecule has 6 nitrogen and oxygen atoms in total. The van der Waals surface area contributed by atoms with Gasteiger partial charge in [0.15, 0.2) is 0 Å². The SMILES string of the molecule is CCNC(=O)c1ccc(-c2ccc(C[C@@H](C#N)NC(=O)C3NC4CCC3C4)c(F)c2)cc1. The number of carbonyl (C=O) groups excluding carboxylic acids is 2. The maximum Gasteiger partial charge on any atom is 0.251 e. The van der Waals surface area contributed by atoms with E-state index >= 15 is 0 Å². The maximum atomic E-state index is 14.8. The normalized spacial score (nSPS) is 22.2. The molecule has 1 saturated carbocycles. The van der Waals surface area contributed by atoms with Crippen molar-refractivity contribution in [2.24, 2.45) is 5.92 Å². The summed E-state index contributed by atoms with van der Waals surface area (Å²) in [7, 11) is 0. The summed E-state index contributed by atoms with van der Waals surface area (Å²) in [6.45, 7) is 2.41. The summed E-state index contributed by atoms with van der Waals surface area (Å²) < 4.78 is 14.8. The van der Waals surface area contributed by atoms with Gasteiger partial charge in [0.25, 0.3) is 5.91 Å². The third-order valence-electron chi connectivity index (χ3n) is 6.41. The van der Waals surface area contributed by atoms with Crippen LogP contribution < -0.4 is 16.0 Å². The van der Waals surface area contributed by atoms with Crippen LogP contribution >= 0.6 is 0 Å². The minimum absolute atomic E-state index is 0.102. The fraction of sp³-hybridized carbons (Fsp3) is 0.400. The molecule has 2 aromatic carbocycles. The molecule has 0 spiro atoms. The Kier molecular flexibility index (Phi) is 6.52. The van der Waals surface area contributed by atoms with Crippen LogP contribution in [0.4, 0.5) is 4.39 Å². The Balaban J connectivity index is 1.40. The molecule has 2 amide bonds. The Hall–Kier alpha value is -3.24. The Morgan fingerprint density at radius 3 is 2.53 bits per heavy atom. The average Bonchev–Trinajstić information content (AvgIpc) is 3.44. The predicted octanol–water partition coefficient (Wildman–Crippen LogP) is 2.93. The van der Waals surface area contributed by atoms with Gasteiger partial charge in [-0.1, -0.05) is 24.3 Å². The third kappa shape index (κ3) is 4.66. The molecule has 1 aliphatic heterocycles. The zero-order chi connectivity index (χ0) is 22.7. The molecule has 166 valence electrons. The van der Waals surface area contributed by atoms with Gasteiger partial charge in [-0.05, 0) is 67.0 Å². The number of rotatable bonds is 7. The van der Waals surface area contributed by atoms with Gasteiger partial charge >= 0.3 is 0 Å². The highest BCUT2D eigenvalue weighted by Gasteiger charge is 2.43. The van der Waals surface area contributed by atoms with Crippen LogP contribution in [0.3, 0.4) is 0 Å². The zero-order valence-corrected chi connectivity index (χ0v) is 18.0. The van der Waals surface area contributed by atoms with Crippen molar-refractivity contribution in [1.29, 1.82) is 5.26 Å². The molecule has 0 aromatic heterocycles. The van der Waals surface area contributed by atoms with Crippen LogP contribution in [0.5, 0.6) is 0 Å². The molecule has 1 heterocycles. The molecule has 32 heavy (non-hydrogen) atoms. The van der Waals surface area contributed by atoms with Crippen molar-refractivity contribution in [3.05, 3.63) is 59.4 Å². The number of fused-ring (bicyclic) bond motifs is 2. The quantitative estimate of drug-likeness (QED) is 0.625. The first kappa shape index (κ1) is 22.0. The molecule has 3 N–H and O–H groups in total. The van der Waals surface area contributed by atoms with Gasteiger partial charge < -0.3 is 16.0 Å². The highest BCUT2D eigenvalue weighted by Crippen LogP contribution is 2.35. The van der Waals surface area contributed by atoms with E-state index in [4.69, 9.17) is 0 Å². The van der Waals surface area contributed by atoms with E-state index < -0.39 is 11.9 Å². The lowest BCUT2D eigenvalue weighted by Crippen LogP contribution is -2.50. The van der Waals surface area contributed by atoms with Crippen molar-refractivity contribution in [3.63, 3.8) is 0 Å². The number of benzene rings is 2. The second-order valence-corrected chi connectivity index (χ2v) is 8.55. The fourth-order valence-electron chi connectivity index (χ4n) is 4.73. The number of nitriles is 1. The van der Waals surface area contributed by atoms with E-state index in [9.17, 15) is 19.2 Å². The van der Waals surface area contributed by atoms with Crippen LogP contribution in [0.25, 0.3) is 11.1 Å². The third-order valence-corrected chi connectivity index (χ3v) is 6.41. The molecule has 3 unspecified atom stereocenters. The van der Waals surface area contributed by atoms with Crippen LogP contribution in [0, 0.1) is 23.1 Å². The van der Waals surface area contributed by atoms with Crippen molar-refractivity contribution < 1.29 is 14.0 Å². The van der Waals surface area contributed by atoms with Crippen LogP contribution in [-0.2, 0) is 11.2 Å². The number of carbonyl (C=O) groups is 2. The van der Waals surface area contributed by atoms with E-state index in [1.807, 2.05) is 6.92 Å². The van der Waals surface area contributed by atoms with Gasteiger partial charge in [0, 0.05) is 24.6 Å². The van der Waals surface area contributed by atoms with Gasteiger partial charge in [-0.2, -0.15) is 5.26 Å². The van der Waals surface area contributed by atoms with Gasteiger partial charge in [-0.3, -0.25) is 9.59 Å². The van der Waals surface area contributed by atoms with Gasteiger partial charge in [0.2, 0.25) is 5.91 Å². The first-order chi connectivity index (χ1) is 15.5.